The maximum Gasteiger partial charge on any atom is 0.349 e. The molecule has 2 aromatic carbocycles. The highest BCUT2D eigenvalue weighted by molar-refractivity contribution is 7.12. The highest BCUT2D eigenvalue weighted by Gasteiger charge is 2.20. The van der Waals surface area contributed by atoms with Crippen LogP contribution in [0.4, 0.5) is 10.1 Å². The van der Waals surface area contributed by atoms with Crippen molar-refractivity contribution in [3.8, 4) is 11.1 Å². The Bertz CT molecular complexity index is 964. The summed E-state index contributed by atoms with van der Waals surface area (Å²) in [5.41, 5.74) is 3.40. The van der Waals surface area contributed by atoms with E-state index in [0.29, 0.717) is 17.1 Å². The number of amides is 1. The SMILES string of the molecule is CCN(C(=O)COC(=O)c1sccc1-c1ccc(C)cc1)c1ccc(F)cc1. The molecule has 0 aliphatic heterocycles. The summed E-state index contributed by atoms with van der Waals surface area (Å²) in [6.45, 7) is 3.81. The summed E-state index contributed by atoms with van der Waals surface area (Å²) in [4.78, 5) is 26.9. The van der Waals surface area contributed by atoms with Crippen LogP contribution in [-0.4, -0.2) is 25.0 Å². The highest BCUT2D eigenvalue weighted by atomic mass is 32.1. The molecular formula is C22H20FNO3S. The molecule has 3 aromatic rings. The minimum absolute atomic E-state index is 0.365. The van der Waals surface area contributed by atoms with E-state index in [1.165, 1.54) is 40.5 Å². The average molecular weight is 397 g/mol. The fourth-order valence-electron chi connectivity index (χ4n) is 2.82. The molecular weight excluding hydrogens is 377 g/mol. The van der Waals surface area contributed by atoms with E-state index in [1.54, 1.807) is 6.92 Å². The number of halogens is 1. The van der Waals surface area contributed by atoms with Crippen LogP contribution in [0.1, 0.15) is 22.2 Å². The number of benzene rings is 2. The van der Waals surface area contributed by atoms with Crippen molar-refractivity contribution < 1.29 is 18.7 Å². The molecule has 144 valence electrons. The summed E-state index contributed by atoms with van der Waals surface area (Å²) in [5.74, 6) is -1.27. The van der Waals surface area contributed by atoms with Crippen molar-refractivity contribution in [1.29, 1.82) is 0 Å². The van der Waals surface area contributed by atoms with E-state index in [2.05, 4.69) is 0 Å². The average Bonchev–Trinajstić information content (AvgIpc) is 3.18. The molecule has 28 heavy (non-hydrogen) atoms. The number of hydrogen-bond donors (Lipinski definition) is 0. The standard InChI is InChI=1S/C22H20FNO3S/c1-3-24(18-10-8-17(23)9-11-18)20(25)14-27-22(26)21-19(12-13-28-21)16-6-4-15(2)5-7-16/h4-13H,3,14H2,1-2H3. The normalized spacial score (nSPS) is 10.5. The minimum Gasteiger partial charge on any atom is -0.451 e. The van der Waals surface area contributed by atoms with Crippen molar-refractivity contribution >= 4 is 28.9 Å². The summed E-state index contributed by atoms with van der Waals surface area (Å²) >= 11 is 1.28. The first-order valence-electron chi connectivity index (χ1n) is 8.87. The van der Waals surface area contributed by atoms with Crippen LogP contribution in [0.25, 0.3) is 11.1 Å². The van der Waals surface area contributed by atoms with Crippen LogP contribution in [0.3, 0.4) is 0 Å². The Labute approximate surface area is 167 Å². The molecule has 0 aliphatic carbocycles. The molecule has 0 saturated carbocycles. The smallest absolute Gasteiger partial charge is 0.349 e. The molecule has 1 heterocycles. The number of carbonyl (C=O) groups is 2. The molecule has 0 N–H and O–H groups in total. The molecule has 0 unspecified atom stereocenters. The van der Waals surface area contributed by atoms with Gasteiger partial charge in [-0.05, 0) is 55.1 Å². The lowest BCUT2D eigenvalue weighted by Crippen LogP contribution is -2.34. The lowest BCUT2D eigenvalue weighted by atomic mass is 10.1. The molecule has 0 fully saturated rings. The van der Waals surface area contributed by atoms with E-state index in [0.717, 1.165) is 16.7 Å². The van der Waals surface area contributed by atoms with Crippen LogP contribution in [0.5, 0.6) is 0 Å². The quantitative estimate of drug-likeness (QED) is 0.546. The first-order chi connectivity index (χ1) is 13.5. The minimum atomic E-state index is -0.533. The van der Waals surface area contributed by atoms with Gasteiger partial charge in [0.25, 0.3) is 5.91 Å². The maximum absolute atomic E-state index is 13.1. The second-order valence-corrected chi connectivity index (χ2v) is 7.14. The number of thiophene rings is 1. The van der Waals surface area contributed by atoms with Crippen LogP contribution in [0, 0.1) is 12.7 Å². The number of carbonyl (C=O) groups excluding carboxylic acids is 2. The number of ether oxygens (including phenoxy) is 1. The number of esters is 1. The monoisotopic (exact) mass is 397 g/mol. The summed E-state index contributed by atoms with van der Waals surface area (Å²) in [7, 11) is 0. The first-order valence-corrected chi connectivity index (χ1v) is 9.75. The Balaban J connectivity index is 1.68. The molecule has 6 heteroatoms. The van der Waals surface area contributed by atoms with E-state index in [9.17, 15) is 14.0 Å². The van der Waals surface area contributed by atoms with Crippen molar-refractivity contribution in [3.63, 3.8) is 0 Å². The largest absolute Gasteiger partial charge is 0.451 e. The van der Waals surface area contributed by atoms with Crippen LogP contribution in [0.15, 0.2) is 60.0 Å². The number of aryl methyl sites for hydroxylation is 1. The molecule has 3 rings (SSSR count). The molecule has 0 saturated heterocycles. The molecule has 1 aromatic heterocycles. The van der Waals surface area contributed by atoms with Crippen molar-refractivity contribution in [1.82, 2.24) is 0 Å². The van der Waals surface area contributed by atoms with Crippen LogP contribution in [0.2, 0.25) is 0 Å². The molecule has 0 radical (unpaired) electrons. The highest BCUT2D eigenvalue weighted by Crippen LogP contribution is 2.29. The third kappa shape index (κ3) is 4.46. The van der Waals surface area contributed by atoms with Gasteiger partial charge >= 0.3 is 5.97 Å². The predicted octanol–water partition coefficient (Wildman–Crippen LogP) is 5.07. The number of rotatable bonds is 6. The summed E-state index contributed by atoms with van der Waals surface area (Å²) in [6.07, 6.45) is 0. The summed E-state index contributed by atoms with van der Waals surface area (Å²) in [5, 5.41) is 1.82. The zero-order valence-corrected chi connectivity index (χ0v) is 16.5. The second-order valence-electron chi connectivity index (χ2n) is 6.22. The van der Waals surface area contributed by atoms with Gasteiger partial charge in [-0.3, -0.25) is 4.79 Å². The van der Waals surface area contributed by atoms with Gasteiger partial charge in [-0.15, -0.1) is 11.3 Å². The molecule has 0 atom stereocenters. The third-order valence-electron chi connectivity index (χ3n) is 4.30. The third-order valence-corrected chi connectivity index (χ3v) is 5.19. The molecule has 0 spiro atoms. The Morgan fingerprint density at radius 1 is 1.04 bits per heavy atom. The predicted molar refractivity (Wildman–Crippen MR) is 109 cm³/mol. The van der Waals surface area contributed by atoms with Gasteiger partial charge in [0.2, 0.25) is 0 Å². The van der Waals surface area contributed by atoms with Gasteiger partial charge in [0.05, 0.1) is 0 Å². The van der Waals surface area contributed by atoms with Gasteiger partial charge in [-0.1, -0.05) is 29.8 Å². The fourth-order valence-corrected chi connectivity index (χ4v) is 3.63. The second kappa shape index (κ2) is 8.80. The molecule has 4 nitrogen and oxygen atoms in total. The van der Waals surface area contributed by atoms with E-state index in [-0.39, 0.29) is 18.3 Å². The topological polar surface area (TPSA) is 46.6 Å². The molecule has 0 aliphatic rings. The molecule has 1 amide bonds. The lowest BCUT2D eigenvalue weighted by Gasteiger charge is -2.20. The van der Waals surface area contributed by atoms with Crippen LogP contribution in [-0.2, 0) is 9.53 Å². The van der Waals surface area contributed by atoms with E-state index < -0.39 is 5.97 Å². The zero-order chi connectivity index (χ0) is 20.1. The molecule has 0 bridgehead atoms. The first kappa shape index (κ1) is 19.8. The van der Waals surface area contributed by atoms with E-state index in [4.69, 9.17) is 4.74 Å². The van der Waals surface area contributed by atoms with Gasteiger partial charge in [0.15, 0.2) is 6.61 Å². The lowest BCUT2D eigenvalue weighted by molar-refractivity contribution is -0.121. The number of anilines is 1. The Hall–Kier alpha value is -2.99. The maximum atomic E-state index is 13.1. The number of likely N-dealkylation sites (N-methyl/N-ethyl adjacent to an activating group) is 1. The van der Waals surface area contributed by atoms with Gasteiger partial charge < -0.3 is 9.64 Å². The van der Waals surface area contributed by atoms with Gasteiger partial charge in [-0.2, -0.15) is 0 Å². The van der Waals surface area contributed by atoms with Crippen LogP contribution >= 0.6 is 11.3 Å². The van der Waals surface area contributed by atoms with Crippen molar-refractivity contribution in [2.75, 3.05) is 18.1 Å². The van der Waals surface area contributed by atoms with Gasteiger partial charge in [0, 0.05) is 17.8 Å². The van der Waals surface area contributed by atoms with E-state index >= 15 is 0 Å². The van der Waals surface area contributed by atoms with Crippen molar-refractivity contribution in [2.24, 2.45) is 0 Å². The number of nitrogens with zero attached hydrogens (tertiary/aromatic N) is 1. The zero-order valence-electron chi connectivity index (χ0n) is 15.6. The van der Waals surface area contributed by atoms with Crippen LogP contribution < -0.4 is 4.90 Å². The summed E-state index contributed by atoms with van der Waals surface area (Å²) in [6, 6.07) is 15.3. The van der Waals surface area contributed by atoms with Gasteiger partial charge in [-0.25, -0.2) is 9.18 Å². The van der Waals surface area contributed by atoms with Gasteiger partial charge in [0.1, 0.15) is 10.7 Å². The Kier molecular flexibility index (Phi) is 6.21. The summed E-state index contributed by atoms with van der Waals surface area (Å²) < 4.78 is 18.4. The fraction of sp³-hybridized carbons (Fsp3) is 0.182. The van der Waals surface area contributed by atoms with Crippen molar-refractivity contribution in [2.45, 2.75) is 13.8 Å². The number of hydrogen-bond acceptors (Lipinski definition) is 4. The van der Waals surface area contributed by atoms with E-state index in [1.807, 2.05) is 42.6 Å². The van der Waals surface area contributed by atoms with Crippen molar-refractivity contribution in [3.05, 3.63) is 76.2 Å². The Morgan fingerprint density at radius 3 is 2.36 bits per heavy atom. The Morgan fingerprint density at radius 2 is 1.71 bits per heavy atom.